The van der Waals surface area contributed by atoms with E-state index in [0.717, 1.165) is 30.5 Å². The maximum absolute atomic E-state index is 9.69. The van der Waals surface area contributed by atoms with Crippen LogP contribution in [0.25, 0.3) is 10.9 Å². The third-order valence-electron chi connectivity index (χ3n) is 4.87. The standard InChI is InChI=1S/C17H21N3/c1-3-13-8-9-17(10-13,12-18)11-15-14-6-4-5-7-16(14)20(2)19-15/h4-7,13H,3,8-11H2,1-2H3. The molecule has 1 heterocycles. The van der Waals surface area contributed by atoms with E-state index in [-0.39, 0.29) is 5.41 Å². The molecule has 1 saturated carbocycles. The summed E-state index contributed by atoms with van der Waals surface area (Å²) in [5.41, 5.74) is 2.04. The molecule has 2 unspecified atom stereocenters. The first-order valence-electron chi connectivity index (χ1n) is 7.49. The minimum atomic E-state index is -0.197. The lowest BCUT2D eigenvalue weighted by molar-refractivity contribution is 0.377. The fourth-order valence-corrected chi connectivity index (χ4v) is 3.63. The first-order valence-corrected chi connectivity index (χ1v) is 7.49. The number of hydrogen-bond acceptors (Lipinski definition) is 2. The third kappa shape index (κ3) is 2.10. The summed E-state index contributed by atoms with van der Waals surface area (Å²) in [4.78, 5) is 0. The third-order valence-corrected chi connectivity index (χ3v) is 4.87. The molecule has 0 saturated heterocycles. The summed E-state index contributed by atoms with van der Waals surface area (Å²) in [6.45, 7) is 2.23. The van der Waals surface area contributed by atoms with Crippen molar-refractivity contribution in [2.24, 2.45) is 18.4 Å². The number of fused-ring (bicyclic) bond motifs is 1. The van der Waals surface area contributed by atoms with Crippen LogP contribution >= 0.6 is 0 Å². The highest BCUT2D eigenvalue weighted by molar-refractivity contribution is 5.81. The molecule has 0 spiro atoms. The minimum absolute atomic E-state index is 0.197. The first-order chi connectivity index (χ1) is 9.67. The first kappa shape index (κ1) is 13.2. The van der Waals surface area contributed by atoms with E-state index < -0.39 is 0 Å². The number of nitrogens with zero attached hydrogens (tertiary/aromatic N) is 3. The van der Waals surface area contributed by atoms with E-state index in [0.29, 0.717) is 5.92 Å². The van der Waals surface area contributed by atoms with Crippen molar-refractivity contribution in [3.8, 4) is 6.07 Å². The molecule has 3 rings (SSSR count). The van der Waals surface area contributed by atoms with Gasteiger partial charge in [-0.1, -0.05) is 31.5 Å². The van der Waals surface area contributed by atoms with E-state index >= 15 is 0 Å². The highest BCUT2D eigenvalue weighted by atomic mass is 15.3. The predicted octanol–water partition coefficient (Wildman–Crippen LogP) is 3.84. The molecule has 0 amide bonds. The molecular weight excluding hydrogens is 246 g/mol. The van der Waals surface area contributed by atoms with Crippen LogP contribution in [0.4, 0.5) is 0 Å². The van der Waals surface area contributed by atoms with Gasteiger partial charge in [-0.05, 0) is 31.2 Å². The van der Waals surface area contributed by atoms with Crippen molar-refractivity contribution < 1.29 is 0 Å². The monoisotopic (exact) mass is 267 g/mol. The SMILES string of the molecule is CCC1CCC(C#N)(Cc2nn(C)c3ccccc23)C1. The van der Waals surface area contributed by atoms with Crippen LogP contribution in [0.2, 0.25) is 0 Å². The van der Waals surface area contributed by atoms with Crippen LogP contribution in [0.1, 0.15) is 38.3 Å². The number of nitriles is 1. The van der Waals surface area contributed by atoms with E-state index in [4.69, 9.17) is 0 Å². The van der Waals surface area contributed by atoms with Crippen LogP contribution in [0.3, 0.4) is 0 Å². The zero-order valence-corrected chi connectivity index (χ0v) is 12.3. The van der Waals surface area contributed by atoms with Crippen molar-refractivity contribution in [1.29, 1.82) is 5.26 Å². The Morgan fingerprint density at radius 3 is 2.95 bits per heavy atom. The molecule has 20 heavy (non-hydrogen) atoms. The van der Waals surface area contributed by atoms with Crippen LogP contribution < -0.4 is 0 Å². The van der Waals surface area contributed by atoms with E-state index in [1.54, 1.807) is 0 Å². The number of aromatic nitrogens is 2. The molecule has 0 bridgehead atoms. The zero-order chi connectivity index (χ0) is 14.2. The molecular formula is C17H21N3. The summed E-state index contributed by atoms with van der Waals surface area (Å²) >= 11 is 0. The van der Waals surface area contributed by atoms with Gasteiger partial charge in [-0.25, -0.2) is 0 Å². The van der Waals surface area contributed by atoms with Gasteiger partial charge in [-0.15, -0.1) is 0 Å². The van der Waals surface area contributed by atoms with Crippen molar-refractivity contribution in [3.63, 3.8) is 0 Å². The molecule has 0 N–H and O–H groups in total. The van der Waals surface area contributed by atoms with Crippen molar-refractivity contribution in [2.75, 3.05) is 0 Å². The van der Waals surface area contributed by atoms with Crippen LogP contribution in [-0.2, 0) is 13.5 Å². The lowest BCUT2D eigenvalue weighted by atomic mass is 9.81. The summed E-state index contributed by atoms with van der Waals surface area (Å²) < 4.78 is 1.93. The summed E-state index contributed by atoms with van der Waals surface area (Å²) in [7, 11) is 1.98. The van der Waals surface area contributed by atoms with Gasteiger partial charge in [-0.3, -0.25) is 4.68 Å². The smallest absolute Gasteiger partial charge is 0.0719 e. The molecule has 1 aliphatic carbocycles. The molecule has 2 atom stereocenters. The lowest BCUT2D eigenvalue weighted by Gasteiger charge is -2.19. The van der Waals surface area contributed by atoms with Crippen LogP contribution in [0, 0.1) is 22.7 Å². The quantitative estimate of drug-likeness (QED) is 0.848. The normalized spacial score (nSPS) is 25.9. The predicted molar refractivity (Wildman–Crippen MR) is 80.1 cm³/mol. The fraction of sp³-hybridized carbons (Fsp3) is 0.529. The van der Waals surface area contributed by atoms with E-state index in [2.05, 4.69) is 36.3 Å². The molecule has 3 heteroatoms. The summed E-state index contributed by atoms with van der Waals surface area (Å²) in [6, 6.07) is 10.9. The van der Waals surface area contributed by atoms with Crippen molar-refractivity contribution in [1.82, 2.24) is 9.78 Å². The second-order valence-electron chi connectivity index (χ2n) is 6.17. The fourth-order valence-electron chi connectivity index (χ4n) is 3.63. The Morgan fingerprint density at radius 2 is 2.25 bits per heavy atom. The highest BCUT2D eigenvalue weighted by Crippen LogP contribution is 2.45. The molecule has 104 valence electrons. The molecule has 1 aromatic carbocycles. The van der Waals surface area contributed by atoms with E-state index in [9.17, 15) is 5.26 Å². The summed E-state index contributed by atoms with van der Waals surface area (Å²) in [5.74, 6) is 0.713. The Labute approximate surface area is 120 Å². The van der Waals surface area contributed by atoms with Gasteiger partial charge in [0.25, 0.3) is 0 Å². The summed E-state index contributed by atoms with van der Waals surface area (Å²) in [5, 5.41) is 15.5. The molecule has 2 aromatic rings. The average Bonchev–Trinajstić information content (AvgIpc) is 3.03. The Kier molecular flexibility index (Phi) is 3.25. The van der Waals surface area contributed by atoms with Gasteiger partial charge < -0.3 is 0 Å². The van der Waals surface area contributed by atoms with Crippen molar-refractivity contribution in [3.05, 3.63) is 30.0 Å². The van der Waals surface area contributed by atoms with Gasteiger partial charge in [0.2, 0.25) is 0 Å². The number of para-hydroxylation sites is 1. The number of rotatable bonds is 3. The Morgan fingerprint density at radius 1 is 1.45 bits per heavy atom. The van der Waals surface area contributed by atoms with Crippen LogP contribution in [0.15, 0.2) is 24.3 Å². The molecule has 0 aliphatic heterocycles. The van der Waals surface area contributed by atoms with Gasteiger partial charge in [0.05, 0.1) is 22.7 Å². The second kappa shape index (κ2) is 4.94. The van der Waals surface area contributed by atoms with E-state index in [1.807, 2.05) is 17.8 Å². The molecule has 0 radical (unpaired) electrons. The maximum atomic E-state index is 9.69. The topological polar surface area (TPSA) is 41.6 Å². The summed E-state index contributed by atoms with van der Waals surface area (Å²) in [6.07, 6.45) is 5.22. The Bertz CT molecular complexity index is 664. The number of hydrogen-bond donors (Lipinski definition) is 0. The largest absolute Gasteiger partial charge is 0.268 e. The highest BCUT2D eigenvalue weighted by Gasteiger charge is 2.39. The number of benzene rings is 1. The average molecular weight is 267 g/mol. The molecule has 1 fully saturated rings. The maximum Gasteiger partial charge on any atom is 0.0719 e. The lowest BCUT2D eigenvalue weighted by Crippen LogP contribution is -2.18. The van der Waals surface area contributed by atoms with Crippen LogP contribution in [0.5, 0.6) is 0 Å². The van der Waals surface area contributed by atoms with Gasteiger partial charge in [-0.2, -0.15) is 10.4 Å². The zero-order valence-electron chi connectivity index (χ0n) is 12.3. The van der Waals surface area contributed by atoms with Gasteiger partial charge in [0.1, 0.15) is 0 Å². The second-order valence-corrected chi connectivity index (χ2v) is 6.17. The van der Waals surface area contributed by atoms with Gasteiger partial charge >= 0.3 is 0 Å². The molecule has 3 nitrogen and oxygen atoms in total. The Hall–Kier alpha value is -1.82. The van der Waals surface area contributed by atoms with Crippen LogP contribution in [-0.4, -0.2) is 9.78 Å². The Balaban J connectivity index is 1.95. The number of aryl methyl sites for hydroxylation is 1. The van der Waals surface area contributed by atoms with Crippen molar-refractivity contribution >= 4 is 10.9 Å². The van der Waals surface area contributed by atoms with Gasteiger partial charge in [0.15, 0.2) is 0 Å². The molecule has 1 aliphatic rings. The van der Waals surface area contributed by atoms with E-state index in [1.165, 1.54) is 18.2 Å². The van der Waals surface area contributed by atoms with Gasteiger partial charge in [0, 0.05) is 18.9 Å². The molecule has 1 aromatic heterocycles. The van der Waals surface area contributed by atoms with Crippen molar-refractivity contribution in [2.45, 2.75) is 39.0 Å². The minimum Gasteiger partial charge on any atom is -0.268 e.